The molecule has 5 nitrogen and oxygen atoms in total. The zero-order valence-electron chi connectivity index (χ0n) is 11.5. The maximum absolute atomic E-state index is 11.9. The molecule has 1 heterocycles. The Bertz CT molecular complexity index is 415. The predicted octanol–water partition coefficient (Wildman–Crippen LogP) is 0.981. The summed E-state index contributed by atoms with van der Waals surface area (Å²) in [5.41, 5.74) is 6.12. The van der Waals surface area contributed by atoms with Crippen LogP contribution < -0.4 is 11.1 Å². The van der Waals surface area contributed by atoms with Crippen molar-refractivity contribution in [1.82, 2.24) is 15.2 Å². The first-order valence-corrected chi connectivity index (χ1v) is 5.95. The Morgan fingerprint density at radius 2 is 2.17 bits per heavy atom. The fourth-order valence-electron chi connectivity index (χ4n) is 1.92. The lowest BCUT2D eigenvalue weighted by Gasteiger charge is -2.28. The molecule has 0 aliphatic rings. The number of nitrogens with one attached hydrogen (secondary N) is 1. The number of nitrogens with two attached hydrogens (primary N) is 1. The molecule has 0 saturated carbocycles. The molecule has 1 amide bonds. The van der Waals surface area contributed by atoms with E-state index in [1.165, 1.54) is 6.20 Å². The Morgan fingerprint density at radius 3 is 2.72 bits per heavy atom. The molecule has 0 spiro atoms. The van der Waals surface area contributed by atoms with E-state index in [1.807, 2.05) is 14.1 Å². The molecule has 0 fully saturated rings. The van der Waals surface area contributed by atoms with Gasteiger partial charge in [-0.1, -0.05) is 13.8 Å². The predicted molar refractivity (Wildman–Crippen MR) is 73.3 cm³/mol. The smallest absolute Gasteiger partial charge is 0.251 e. The second-order valence-corrected chi connectivity index (χ2v) is 5.55. The summed E-state index contributed by atoms with van der Waals surface area (Å²) in [6.45, 7) is 5.76. The standard InChI is InChI=1S/C13H22N4O/c1-13(2,9-17(3)4)8-16-12(18)10-5-6-15-11(14)7-10/h5-7H,8-9H2,1-4H3,(H2,14,15)(H,16,18). The van der Waals surface area contributed by atoms with E-state index >= 15 is 0 Å². The van der Waals surface area contributed by atoms with Crippen LogP contribution in [0.5, 0.6) is 0 Å². The van der Waals surface area contributed by atoms with E-state index in [9.17, 15) is 4.79 Å². The second-order valence-electron chi connectivity index (χ2n) is 5.55. The van der Waals surface area contributed by atoms with E-state index < -0.39 is 0 Å². The molecule has 0 bridgehead atoms. The van der Waals surface area contributed by atoms with Crippen molar-refractivity contribution in [3.8, 4) is 0 Å². The Labute approximate surface area is 108 Å². The molecule has 0 aliphatic heterocycles. The summed E-state index contributed by atoms with van der Waals surface area (Å²) in [4.78, 5) is 17.9. The van der Waals surface area contributed by atoms with Crippen molar-refractivity contribution in [2.45, 2.75) is 13.8 Å². The summed E-state index contributed by atoms with van der Waals surface area (Å²) in [6, 6.07) is 3.24. The highest BCUT2D eigenvalue weighted by Crippen LogP contribution is 2.14. The fraction of sp³-hybridized carbons (Fsp3) is 0.538. The van der Waals surface area contributed by atoms with Crippen molar-refractivity contribution >= 4 is 11.7 Å². The van der Waals surface area contributed by atoms with Crippen LogP contribution in [0.1, 0.15) is 24.2 Å². The Kier molecular flexibility index (Phi) is 4.67. The van der Waals surface area contributed by atoms with Gasteiger partial charge in [0.2, 0.25) is 0 Å². The van der Waals surface area contributed by atoms with Crippen LogP contribution in [0.25, 0.3) is 0 Å². The average molecular weight is 250 g/mol. The number of hydrogen-bond donors (Lipinski definition) is 2. The van der Waals surface area contributed by atoms with Crippen LogP contribution in [0.3, 0.4) is 0 Å². The van der Waals surface area contributed by atoms with Gasteiger partial charge in [-0.05, 0) is 31.6 Å². The Balaban J connectivity index is 2.56. The normalized spacial score (nSPS) is 11.6. The van der Waals surface area contributed by atoms with Crippen molar-refractivity contribution in [3.63, 3.8) is 0 Å². The number of amides is 1. The fourth-order valence-corrected chi connectivity index (χ4v) is 1.92. The SMILES string of the molecule is CN(C)CC(C)(C)CNC(=O)c1ccnc(N)c1. The van der Waals surface area contributed by atoms with E-state index in [0.29, 0.717) is 17.9 Å². The van der Waals surface area contributed by atoms with Crippen LogP contribution in [0.4, 0.5) is 5.82 Å². The van der Waals surface area contributed by atoms with Gasteiger partial charge in [0.15, 0.2) is 0 Å². The number of nitrogens with zero attached hydrogens (tertiary/aromatic N) is 2. The number of pyridine rings is 1. The van der Waals surface area contributed by atoms with E-state index in [1.54, 1.807) is 12.1 Å². The first-order valence-electron chi connectivity index (χ1n) is 5.95. The molecule has 0 aromatic carbocycles. The molecule has 0 atom stereocenters. The largest absolute Gasteiger partial charge is 0.384 e. The number of carbonyl (C=O) groups excluding carboxylic acids is 1. The summed E-state index contributed by atoms with van der Waals surface area (Å²) in [7, 11) is 4.04. The van der Waals surface area contributed by atoms with Crippen molar-refractivity contribution in [1.29, 1.82) is 0 Å². The molecule has 3 N–H and O–H groups in total. The highest BCUT2D eigenvalue weighted by molar-refractivity contribution is 5.94. The van der Waals surface area contributed by atoms with Crippen molar-refractivity contribution in [3.05, 3.63) is 23.9 Å². The molecule has 100 valence electrons. The number of anilines is 1. The lowest BCUT2D eigenvalue weighted by Crippen LogP contribution is -2.40. The van der Waals surface area contributed by atoms with Gasteiger partial charge >= 0.3 is 0 Å². The first kappa shape index (κ1) is 14.4. The summed E-state index contributed by atoms with van der Waals surface area (Å²) >= 11 is 0. The Hall–Kier alpha value is -1.62. The van der Waals surface area contributed by atoms with Crippen molar-refractivity contribution in [2.24, 2.45) is 5.41 Å². The van der Waals surface area contributed by atoms with Crippen LogP contribution in [-0.4, -0.2) is 43.0 Å². The summed E-state index contributed by atoms with van der Waals surface area (Å²) in [5.74, 6) is 0.242. The molecule has 18 heavy (non-hydrogen) atoms. The molecule has 1 aromatic rings. The third-order valence-corrected chi connectivity index (χ3v) is 2.52. The van der Waals surface area contributed by atoms with Gasteiger partial charge in [-0.2, -0.15) is 0 Å². The lowest BCUT2D eigenvalue weighted by molar-refractivity contribution is 0.0929. The van der Waals surface area contributed by atoms with Crippen LogP contribution in [0.2, 0.25) is 0 Å². The van der Waals surface area contributed by atoms with Gasteiger partial charge < -0.3 is 16.0 Å². The second kappa shape index (κ2) is 5.82. The van der Waals surface area contributed by atoms with Gasteiger partial charge in [0, 0.05) is 24.8 Å². The third-order valence-electron chi connectivity index (χ3n) is 2.52. The number of hydrogen-bond acceptors (Lipinski definition) is 4. The molecular weight excluding hydrogens is 228 g/mol. The minimum atomic E-state index is -0.115. The first-order chi connectivity index (χ1) is 8.30. The summed E-state index contributed by atoms with van der Waals surface area (Å²) in [6.07, 6.45) is 1.54. The minimum Gasteiger partial charge on any atom is -0.384 e. The maximum Gasteiger partial charge on any atom is 0.251 e. The molecular formula is C13H22N4O. The topological polar surface area (TPSA) is 71.2 Å². The molecule has 0 saturated heterocycles. The molecule has 1 aromatic heterocycles. The zero-order valence-corrected chi connectivity index (χ0v) is 11.5. The van der Waals surface area contributed by atoms with Gasteiger partial charge in [-0.25, -0.2) is 4.98 Å². The molecule has 5 heteroatoms. The van der Waals surface area contributed by atoms with Gasteiger partial charge in [-0.15, -0.1) is 0 Å². The van der Waals surface area contributed by atoms with Gasteiger partial charge in [0.05, 0.1) is 0 Å². The summed E-state index contributed by atoms with van der Waals surface area (Å²) < 4.78 is 0. The number of aromatic nitrogens is 1. The van der Waals surface area contributed by atoms with Crippen LogP contribution >= 0.6 is 0 Å². The van der Waals surface area contributed by atoms with Gasteiger partial charge in [-0.3, -0.25) is 4.79 Å². The van der Waals surface area contributed by atoms with Crippen LogP contribution in [-0.2, 0) is 0 Å². The molecule has 0 aliphatic carbocycles. The van der Waals surface area contributed by atoms with Gasteiger partial charge in [0.1, 0.15) is 5.82 Å². The minimum absolute atomic E-state index is 0.0255. The van der Waals surface area contributed by atoms with Crippen molar-refractivity contribution < 1.29 is 4.79 Å². The van der Waals surface area contributed by atoms with E-state index in [4.69, 9.17) is 5.73 Å². The molecule has 1 rings (SSSR count). The van der Waals surface area contributed by atoms with Crippen molar-refractivity contribution in [2.75, 3.05) is 32.9 Å². The van der Waals surface area contributed by atoms with Gasteiger partial charge in [0.25, 0.3) is 5.91 Å². The number of nitrogen functional groups attached to an aromatic ring is 1. The van der Waals surface area contributed by atoms with E-state index in [0.717, 1.165) is 6.54 Å². The quantitative estimate of drug-likeness (QED) is 0.817. The van der Waals surface area contributed by atoms with E-state index in [-0.39, 0.29) is 11.3 Å². The summed E-state index contributed by atoms with van der Waals surface area (Å²) in [5, 5.41) is 2.92. The third kappa shape index (κ3) is 4.71. The number of rotatable bonds is 5. The number of carbonyl (C=O) groups is 1. The van der Waals surface area contributed by atoms with E-state index in [2.05, 4.69) is 29.0 Å². The molecule has 0 radical (unpaired) electrons. The molecule has 0 unspecified atom stereocenters. The lowest BCUT2D eigenvalue weighted by atomic mass is 9.93. The Morgan fingerprint density at radius 1 is 1.50 bits per heavy atom. The average Bonchev–Trinajstić information content (AvgIpc) is 2.24. The van der Waals surface area contributed by atoms with Crippen LogP contribution in [0, 0.1) is 5.41 Å². The highest BCUT2D eigenvalue weighted by Gasteiger charge is 2.20. The van der Waals surface area contributed by atoms with Crippen LogP contribution in [0.15, 0.2) is 18.3 Å². The monoisotopic (exact) mass is 250 g/mol. The maximum atomic E-state index is 11.9. The zero-order chi connectivity index (χ0) is 13.8. The highest BCUT2D eigenvalue weighted by atomic mass is 16.1.